The molecule has 1 aliphatic rings. The second kappa shape index (κ2) is 4.62. The molecule has 1 aliphatic heterocycles. The Morgan fingerprint density at radius 2 is 2.35 bits per heavy atom. The molecule has 1 atom stereocenters. The van der Waals surface area contributed by atoms with Crippen molar-refractivity contribution in [3.63, 3.8) is 0 Å². The van der Waals surface area contributed by atoms with Gasteiger partial charge in [-0.25, -0.2) is 4.79 Å². The van der Waals surface area contributed by atoms with E-state index in [1.165, 1.54) is 0 Å². The highest BCUT2D eigenvalue weighted by atomic mass is 16.5. The molecule has 1 unspecified atom stereocenters. The summed E-state index contributed by atoms with van der Waals surface area (Å²) in [6.45, 7) is 8.02. The number of carbonyl (C=O) groups excluding carboxylic acids is 1. The molecule has 0 amide bonds. The topological polar surface area (TPSA) is 35.5 Å². The maximum absolute atomic E-state index is 11.6. The van der Waals surface area contributed by atoms with Gasteiger partial charge in [0.05, 0.1) is 12.2 Å². The maximum atomic E-state index is 11.6. The minimum atomic E-state index is -0.283. The summed E-state index contributed by atoms with van der Waals surface area (Å²) in [5.41, 5.74) is 2.62. The second-order valence-electron chi connectivity index (χ2n) is 4.20. The van der Waals surface area contributed by atoms with E-state index in [2.05, 4.69) is 6.58 Å². The van der Waals surface area contributed by atoms with Crippen LogP contribution in [0.3, 0.4) is 0 Å². The first-order valence-corrected chi connectivity index (χ1v) is 5.74. The summed E-state index contributed by atoms with van der Waals surface area (Å²) in [7, 11) is 0. The van der Waals surface area contributed by atoms with Crippen LogP contribution in [0.15, 0.2) is 30.4 Å². The first-order chi connectivity index (χ1) is 8.11. The van der Waals surface area contributed by atoms with E-state index in [1.54, 1.807) is 13.0 Å². The van der Waals surface area contributed by atoms with Crippen molar-refractivity contribution in [2.24, 2.45) is 0 Å². The molecule has 90 valence electrons. The standard InChI is InChI=1S/C14H16O3/c1-4-16-14(15)10-5-6-12-11(7-10)8-13(17-12)9(2)3/h5-7,13H,2,4,8H2,1,3H3. The molecule has 0 aromatic heterocycles. The van der Waals surface area contributed by atoms with Crippen molar-refractivity contribution >= 4 is 5.97 Å². The third kappa shape index (κ3) is 2.33. The van der Waals surface area contributed by atoms with Crippen LogP contribution < -0.4 is 4.74 Å². The molecule has 0 N–H and O–H groups in total. The Labute approximate surface area is 101 Å². The summed E-state index contributed by atoms with van der Waals surface area (Å²) in [5, 5.41) is 0. The number of hydrogen-bond donors (Lipinski definition) is 0. The molecule has 1 aromatic carbocycles. The largest absolute Gasteiger partial charge is 0.485 e. The zero-order valence-corrected chi connectivity index (χ0v) is 10.2. The van der Waals surface area contributed by atoms with Gasteiger partial charge in [0.15, 0.2) is 0 Å². The Hall–Kier alpha value is -1.77. The molecule has 1 aromatic rings. The number of rotatable bonds is 3. The predicted octanol–water partition coefficient (Wildman–Crippen LogP) is 2.74. The van der Waals surface area contributed by atoms with E-state index < -0.39 is 0 Å². The summed E-state index contributed by atoms with van der Waals surface area (Å²) in [6, 6.07) is 5.40. The fourth-order valence-electron chi connectivity index (χ4n) is 1.86. The Balaban J connectivity index is 2.21. The van der Waals surface area contributed by atoms with Gasteiger partial charge in [-0.05, 0) is 43.2 Å². The molecule has 0 aliphatic carbocycles. The first kappa shape index (κ1) is 11.7. The third-order valence-electron chi connectivity index (χ3n) is 2.80. The Bertz CT molecular complexity index is 463. The van der Waals surface area contributed by atoms with Crippen molar-refractivity contribution in [2.45, 2.75) is 26.4 Å². The second-order valence-corrected chi connectivity index (χ2v) is 4.20. The van der Waals surface area contributed by atoms with Gasteiger partial charge in [-0.3, -0.25) is 0 Å². The third-order valence-corrected chi connectivity index (χ3v) is 2.80. The summed E-state index contributed by atoms with van der Waals surface area (Å²) >= 11 is 0. The molecule has 17 heavy (non-hydrogen) atoms. The van der Waals surface area contributed by atoms with Crippen LogP contribution in [0.1, 0.15) is 29.8 Å². The van der Waals surface area contributed by atoms with Crippen LogP contribution in [0.4, 0.5) is 0 Å². The van der Waals surface area contributed by atoms with Gasteiger partial charge in [-0.1, -0.05) is 6.58 Å². The normalized spacial score (nSPS) is 17.2. The van der Waals surface area contributed by atoms with Gasteiger partial charge in [0, 0.05) is 6.42 Å². The molecule has 0 fully saturated rings. The zero-order chi connectivity index (χ0) is 12.4. The smallest absolute Gasteiger partial charge is 0.338 e. The highest BCUT2D eigenvalue weighted by Gasteiger charge is 2.24. The lowest BCUT2D eigenvalue weighted by Crippen LogP contribution is -2.13. The van der Waals surface area contributed by atoms with Crippen LogP contribution in [0.2, 0.25) is 0 Å². The molecule has 3 heteroatoms. The van der Waals surface area contributed by atoms with Crippen LogP contribution in [0.5, 0.6) is 5.75 Å². The van der Waals surface area contributed by atoms with E-state index >= 15 is 0 Å². The van der Waals surface area contributed by atoms with Gasteiger partial charge in [0.1, 0.15) is 11.9 Å². The predicted molar refractivity (Wildman–Crippen MR) is 65.3 cm³/mol. The number of esters is 1. The van der Waals surface area contributed by atoms with E-state index in [1.807, 2.05) is 19.1 Å². The van der Waals surface area contributed by atoms with Gasteiger partial charge in [0.2, 0.25) is 0 Å². The summed E-state index contributed by atoms with van der Waals surface area (Å²) in [5.74, 6) is 0.556. The van der Waals surface area contributed by atoms with E-state index in [0.717, 1.165) is 23.3 Å². The van der Waals surface area contributed by atoms with Crippen molar-refractivity contribution in [1.29, 1.82) is 0 Å². The van der Waals surface area contributed by atoms with Gasteiger partial charge < -0.3 is 9.47 Å². The zero-order valence-electron chi connectivity index (χ0n) is 10.2. The average Bonchev–Trinajstić information content (AvgIpc) is 2.71. The molecule has 0 spiro atoms. The Kier molecular flexibility index (Phi) is 3.18. The highest BCUT2D eigenvalue weighted by molar-refractivity contribution is 5.90. The molecule has 0 bridgehead atoms. The Morgan fingerprint density at radius 3 is 3.00 bits per heavy atom. The molecular weight excluding hydrogens is 216 g/mol. The SMILES string of the molecule is C=C(C)C1Cc2cc(C(=O)OCC)ccc2O1. The number of carbonyl (C=O) groups is 1. The number of ether oxygens (including phenoxy) is 2. The lowest BCUT2D eigenvalue weighted by atomic mass is 10.0. The van der Waals surface area contributed by atoms with Crippen molar-refractivity contribution in [2.75, 3.05) is 6.61 Å². The van der Waals surface area contributed by atoms with Crippen LogP contribution >= 0.6 is 0 Å². The van der Waals surface area contributed by atoms with E-state index in [4.69, 9.17) is 9.47 Å². The quantitative estimate of drug-likeness (QED) is 0.593. The summed E-state index contributed by atoms with van der Waals surface area (Å²) in [4.78, 5) is 11.6. The molecule has 0 radical (unpaired) electrons. The fourth-order valence-corrected chi connectivity index (χ4v) is 1.86. The van der Waals surface area contributed by atoms with Crippen LogP contribution in [0.25, 0.3) is 0 Å². The van der Waals surface area contributed by atoms with Crippen LogP contribution in [-0.2, 0) is 11.2 Å². The van der Waals surface area contributed by atoms with Crippen molar-refractivity contribution in [3.05, 3.63) is 41.5 Å². The average molecular weight is 232 g/mol. The van der Waals surface area contributed by atoms with Gasteiger partial charge in [-0.2, -0.15) is 0 Å². The van der Waals surface area contributed by atoms with Crippen LogP contribution in [-0.4, -0.2) is 18.7 Å². The minimum absolute atomic E-state index is 0.0300. The van der Waals surface area contributed by atoms with E-state index in [9.17, 15) is 4.79 Å². The molecule has 2 rings (SSSR count). The number of benzene rings is 1. The van der Waals surface area contributed by atoms with E-state index in [0.29, 0.717) is 12.2 Å². The maximum Gasteiger partial charge on any atom is 0.338 e. The summed E-state index contributed by atoms with van der Waals surface area (Å²) < 4.78 is 10.7. The molecular formula is C14H16O3. The lowest BCUT2D eigenvalue weighted by Gasteiger charge is -2.08. The van der Waals surface area contributed by atoms with Crippen molar-refractivity contribution in [3.8, 4) is 5.75 Å². The Morgan fingerprint density at radius 1 is 1.59 bits per heavy atom. The monoisotopic (exact) mass is 232 g/mol. The van der Waals surface area contributed by atoms with Gasteiger partial charge in [-0.15, -0.1) is 0 Å². The fraction of sp³-hybridized carbons (Fsp3) is 0.357. The molecule has 0 saturated carbocycles. The summed E-state index contributed by atoms with van der Waals surface area (Å²) in [6.07, 6.45) is 0.806. The first-order valence-electron chi connectivity index (χ1n) is 5.74. The minimum Gasteiger partial charge on any atom is -0.485 e. The molecule has 1 heterocycles. The van der Waals surface area contributed by atoms with Crippen molar-refractivity contribution in [1.82, 2.24) is 0 Å². The molecule has 0 saturated heterocycles. The highest BCUT2D eigenvalue weighted by Crippen LogP contribution is 2.31. The number of fused-ring (bicyclic) bond motifs is 1. The number of hydrogen-bond acceptors (Lipinski definition) is 3. The lowest BCUT2D eigenvalue weighted by molar-refractivity contribution is 0.0526. The van der Waals surface area contributed by atoms with E-state index in [-0.39, 0.29) is 12.1 Å². The van der Waals surface area contributed by atoms with Gasteiger partial charge >= 0.3 is 5.97 Å². The van der Waals surface area contributed by atoms with Crippen molar-refractivity contribution < 1.29 is 14.3 Å². The molecule has 3 nitrogen and oxygen atoms in total. The van der Waals surface area contributed by atoms with Crippen LogP contribution in [0, 0.1) is 0 Å². The van der Waals surface area contributed by atoms with Gasteiger partial charge in [0.25, 0.3) is 0 Å².